The number of carboxylic acids is 2. The third-order valence-corrected chi connectivity index (χ3v) is 8.14. The van der Waals surface area contributed by atoms with Crippen molar-refractivity contribution in [3.05, 3.63) is 68.2 Å². The quantitative estimate of drug-likeness (QED) is 0.227. The van der Waals surface area contributed by atoms with Crippen molar-refractivity contribution < 1.29 is 53.9 Å². The second-order valence-corrected chi connectivity index (χ2v) is 10.9. The molecule has 14 heteroatoms. The third-order valence-electron chi connectivity index (χ3n) is 6.69. The van der Waals surface area contributed by atoms with Gasteiger partial charge in [0.2, 0.25) is 0 Å². The topological polar surface area (TPSA) is 108 Å². The van der Waals surface area contributed by atoms with E-state index in [1.807, 2.05) is 41.5 Å². The first kappa shape index (κ1) is 34.5. The molecule has 0 atom stereocenters. The number of aryl methyl sites for hydroxylation is 2. The van der Waals surface area contributed by atoms with Crippen molar-refractivity contribution in [2.24, 2.45) is 0 Å². The van der Waals surface area contributed by atoms with E-state index >= 15 is 0 Å². The second-order valence-electron chi connectivity index (χ2n) is 9.23. The van der Waals surface area contributed by atoms with E-state index in [0.717, 1.165) is 34.1 Å². The zero-order valence-corrected chi connectivity index (χ0v) is 28.4. The summed E-state index contributed by atoms with van der Waals surface area (Å²) in [5, 5.41) is 25.5. The van der Waals surface area contributed by atoms with Gasteiger partial charge in [-0.3, -0.25) is 5.01 Å². The maximum Gasteiger partial charge on any atom is 1.00 e. The van der Waals surface area contributed by atoms with Crippen LogP contribution in [0.5, 0.6) is 0 Å². The Morgan fingerprint density at radius 2 is 1.52 bits per heavy atom. The maximum absolute atomic E-state index is 11.1. The van der Waals surface area contributed by atoms with Gasteiger partial charge in [-0.15, -0.1) is 0 Å². The molecule has 1 N–H and O–H groups in total. The van der Waals surface area contributed by atoms with Gasteiger partial charge in [-0.05, 0) is 44.9 Å². The molecule has 2 heterocycles. The number of hydrogen-bond donors (Lipinski definition) is 1. The minimum atomic E-state index is -1.17. The molecule has 0 saturated heterocycles. The first-order chi connectivity index (χ1) is 19.6. The van der Waals surface area contributed by atoms with E-state index in [4.69, 9.17) is 46.4 Å². The molecule has 42 heavy (non-hydrogen) atoms. The summed E-state index contributed by atoms with van der Waals surface area (Å²) in [5.41, 5.74) is 6.37. The summed E-state index contributed by atoms with van der Waals surface area (Å²) in [6, 6.07) is 7.08. The van der Waals surface area contributed by atoms with Crippen molar-refractivity contribution in [3.8, 4) is 0 Å². The summed E-state index contributed by atoms with van der Waals surface area (Å²) >= 11 is 25.4. The van der Waals surface area contributed by atoms with Gasteiger partial charge in [0.05, 0.1) is 44.6 Å². The Bertz CT molecular complexity index is 1560. The molecule has 3 aromatic rings. The molecule has 1 aliphatic rings. The molecule has 0 aliphatic carbocycles. The van der Waals surface area contributed by atoms with Crippen LogP contribution >= 0.6 is 46.4 Å². The number of aliphatic carboxylic acids is 2. The standard InChI is InChI=1S/C28H29Cl4N5O4.Na/c1-3-34-21-13-17(29)18(30)14-22(21)36(12-6-9-27(38)39)25(34)7-5-8-26-35(4-2)23-15-19(31)20(32)16-24(23)37(26)33-11-10-28(40)41;/h5,7-8,13-16,33H,3-4,6,9-12H2,1-2H3,(H-,38,39,40,41);/q;+1/p-1. The minimum absolute atomic E-state index is 0. The van der Waals surface area contributed by atoms with Gasteiger partial charge in [0.25, 0.3) is 5.82 Å². The predicted octanol–water partition coefficient (Wildman–Crippen LogP) is 0.942. The van der Waals surface area contributed by atoms with Crippen LogP contribution in [0.15, 0.2) is 42.2 Å². The Balaban J connectivity index is 0.00000484. The van der Waals surface area contributed by atoms with Crippen LogP contribution in [0.2, 0.25) is 20.1 Å². The van der Waals surface area contributed by atoms with Crippen molar-refractivity contribution in [2.75, 3.05) is 23.0 Å². The molecule has 0 unspecified atom stereocenters. The van der Waals surface area contributed by atoms with E-state index in [1.54, 1.807) is 29.3 Å². The number of benzene rings is 2. The van der Waals surface area contributed by atoms with Gasteiger partial charge >= 0.3 is 29.6 Å². The number of halogens is 4. The summed E-state index contributed by atoms with van der Waals surface area (Å²) in [6.07, 6.45) is 5.79. The number of fused-ring (bicyclic) bond motifs is 2. The van der Waals surface area contributed by atoms with Crippen molar-refractivity contribution in [1.29, 1.82) is 0 Å². The zero-order chi connectivity index (χ0) is 29.8. The molecule has 0 amide bonds. The Hall–Kier alpha value is -1.95. The van der Waals surface area contributed by atoms with E-state index in [-0.39, 0.29) is 48.9 Å². The SMILES string of the molecule is CCN1C(=CC=Cc2n(CC)c3cc(Cl)c(Cl)cc3[n+]2CCCC(=O)[O-])N(NCCC(=O)[O-])c2cc(Cl)c(Cl)cc21.[Na+]. The van der Waals surface area contributed by atoms with Crippen molar-refractivity contribution in [1.82, 2.24) is 9.99 Å². The van der Waals surface area contributed by atoms with Crippen LogP contribution in [0.3, 0.4) is 0 Å². The number of rotatable bonds is 12. The van der Waals surface area contributed by atoms with Gasteiger partial charge in [-0.25, -0.2) is 14.6 Å². The van der Waals surface area contributed by atoms with Gasteiger partial charge in [0.15, 0.2) is 11.0 Å². The molecule has 4 rings (SSSR count). The first-order valence-corrected chi connectivity index (χ1v) is 14.6. The fourth-order valence-electron chi connectivity index (χ4n) is 4.92. The molecule has 1 aliphatic heterocycles. The minimum Gasteiger partial charge on any atom is -0.550 e. The van der Waals surface area contributed by atoms with Crippen molar-refractivity contribution >= 4 is 86.8 Å². The molecule has 1 aromatic heterocycles. The number of carbonyl (C=O) groups excluding carboxylic acids is 2. The molecular formula is C28H28Cl4N5NaO4. The van der Waals surface area contributed by atoms with Crippen LogP contribution in [-0.2, 0) is 22.7 Å². The van der Waals surface area contributed by atoms with E-state index in [2.05, 4.69) is 9.99 Å². The number of anilines is 2. The molecule has 0 spiro atoms. The van der Waals surface area contributed by atoms with Gasteiger partial charge in [-0.1, -0.05) is 52.5 Å². The average molecular weight is 663 g/mol. The van der Waals surface area contributed by atoms with E-state index in [0.29, 0.717) is 46.1 Å². The van der Waals surface area contributed by atoms with Gasteiger partial charge in [0.1, 0.15) is 5.82 Å². The van der Waals surface area contributed by atoms with Crippen LogP contribution in [0, 0.1) is 0 Å². The van der Waals surface area contributed by atoms with E-state index in [1.165, 1.54) is 0 Å². The Morgan fingerprint density at radius 1 is 0.905 bits per heavy atom. The number of hydrazine groups is 1. The molecule has 9 nitrogen and oxygen atoms in total. The van der Waals surface area contributed by atoms with Crippen molar-refractivity contribution in [2.45, 2.75) is 46.2 Å². The van der Waals surface area contributed by atoms with Crippen molar-refractivity contribution in [3.63, 3.8) is 0 Å². The number of aromatic nitrogens is 2. The van der Waals surface area contributed by atoms with Crippen LogP contribution in [0.25, 0.3) is 17.1 Å². The zero-order valence-electron chi connectivity index (χ0n) is 23.4. The molecule has 0 bridgehead atoms. The van der Waals surface area contributed by atoms with Gasteiger partial charge in [0, 0.05) is 49.7 Å². The van der Waals surface area contributed by atoms with E-state index in [9.17, 15) is 19.8 Å². The summed E-state index contributed by atoms with van der Waals surface area (Å²) < 4.78 is 4.08. The maximum atomic E-state index is 11.1. The normalized spacial score (nSPS) is 13.8. The molecular weight excluding hydrogens is 635 g/mol. The average Bonchev–Trinajstić information content (AvgIpc) is 3.34. The second kappa shape index (κ2) is 15.2. The van der Waals surface area contributed by atoms with Crippen LogP contribution in [0.1, 0.15) is 38.9 Å². The summed E-state index contributed by atoms with van der Waals surface area (Å²) in [6.45, 7) is 5.77. The van der Waals surface area contributed by atoms with Gasteiger partial charge in [-0.2, -0.15) is 0 Å². The molecule has 0 fully saturated rings. The molecule has 2 aromatic carbocycles. The molecule has 0 saturated carbocycles. The van der Waals surface area contributed by atoms with Crippen LogP contribution < -0.4 is 59.7 Å². The summed E-state index contributed by atoms with van der Waals surface area (Å²) in [4.78, 5) is 24.2. The number of carbonyl (C=O) groups is 2. The number of nitrogens with zero attached hydrogens (tertiary/aromatic N) is 4. The largest absolute Gasteiger partial charge is 1.00 e. The molecule has 0 radical (unpaired) electrons. The summed E-state index contributed by atoms with van der Waals surface area (Å²) in [5.74, 6) is -0.736. The number of nitrogens with one attached hydrogen (secondary N) is 1. The number of imidazole rings is 1. The Morgan fingerprint density at radius 3 is 2.14 bits per heavy atom. The Labute approximate surface area is 286 Å². The van der Waals surface area contributed by atoms with Crippen LogP contribution in [0.4, 0.5) is 11.4 Å². The number of allylic oxidation sites excluding steroid dienone is 2. The molecule has 218 valence electrons. The number of carboxylic acid groups (broad SMARTS) is 2. The van der Waals surface area contributed by atoms with E-state index < -0.39 is 11.9 Å². The Kier molecular flexibility index (Phi) is 12.5. The monoisotopic (exact) mass is 661 g/mol. The number of hydrogen-bond acceptors (Lipinski definition) is 7. The third kappa shape index (κ3) is 7.39. The smallest absolute Gasteiger partial charge is 0.550 e. The predicted molar refractivity (Wildman–Crippen MR) is 159 cm³/mol. The fourth-order valence-corrected chi connectivity index (χ4v) is 5.55. The first-order valence-electron chi connectivity index (χ1n) is 13.1. The fraction of sp³-hybridized carbons (Fsp3) is 0.321. The summed E-state index contributed by atoms with van der Waals surface area (Å²) in [7, 11) is 0. The van der Waals surface area contributed by atoms with Gasteiger partial charge < -0.3 is 24.7 Å². The van der Waals surface area contributed by atoms with Crippen LogP contribution in [-0.4, -0.2) is 29.6 Å².